The van der Waals surface area contributed by atoms with Crippen LogP contribution in [-0.4, -0.2) is 83.8 Å². The maximum atomic E-state index is 14.0. The Morgan fingerprint density at radius 1 is 0.750 bits per heavy atom. The van der Waals surface area contributed by atoms with E-state index in [0.717, 1.165) is 12.8 Å². The number of urea groups is 1. The first-order chi connectivity index (χ1) is 25.9. The summed E-state index contributed by atoms with van der Waals surface area (Å²) in [6.07, 6.45) is 3.75. The smallest absolute Gasteiger partial charge is 0.329 e. The molecule has 4 amide bonds. The second kappa shape index (κ2) is 21.9. The minimum absolute atomic E-state index is 0.0926. The summed E-state index contributed by atoms with van der Waals surface area (Å²) in [5, 5.41) is 10.9. The van der Waals surface area contributed by atoms with Crippen molar-refractivity contribution in [2.24, 2.45) is 17.6 Å². The van der Waals surface area contributed by atoms with Crippen molar-refractivity contribution < 1.29 is 47.4 Å². The first-order valence-electron chi connectivity index (χ1n) is 19.7. The zero-order valence-corrected chi connectivity index (χ0v) is 34.8. The van der Waals surface area contributed by atoms with Gasteiger partial charge in [0.2, 0.25) is 11.8 Å². The Hall–Kier alpha value is -4.27. The third-order valence-corrected chi connectivity index (χ3v) is 8.78. The standard InChI is InChI=1S/C41H66FN5O9/c1-39(2,3)54-33(48)21-20-31(37(52)56-41(7,8)9)47-38(53)46-30(36(51)55-40(4,5)6)15-10-11-22-44-35(50)32(24-27-13-12-14-29(42)23-27)45-34(49)28-18-16-26(25-43)17-19-28/h12-14,23,26,28,30-32H,10-11,15-22,24-25,43H2,1-9H3,(H,44,50)(H,45,49)(H2,46,47,53)/t26?,28?,30-,31-,32-/m0/s1. The number of nitrogens with two attached hydrogens (primary N) is 1. The van der Waals surface area contributed by atoms with E-state index in [1.54, 1.807) is 74.4 Å². The molecule has 0 saturated heterocycles. The molecule has 0 spiro atoms. The molecule has 0 aromatic heterocycles. The Morgan fingerprint density at radius 3 is 1.82 bits per heavy atom. The number of amides is 4. The van der Waals surface area contributed by atoms with Crippen molar-refractivity contribution in [1.82, 2.24) is 21.3 Å². The summed E-state index contributed by atoms with van der Waals surface area (Å²) in [6.45, 7) is 16.0. The fourth-order valence-corrected chi connectivity index (χ4v) is 6.12. The van der Waals surface area contributed by atoms with Crippen LogP contribution in [0.25, 0.3) is 0 Å². The van der Waals surface area contributed by atoms with Crippen LogP contribution in [0.1, 0.15) is 126 Å². The second-order valence-electron chi connectivity index (χ2n) is 17.6. The lowest BCUT2D eigenvalue weighted by molar-refractivity contribution is -0.159. The number of nitrogens with one attached hydrogen (secondary N) is 4. The summed E-state index contributed by atoms with van der Waals surface area (Å²) in [6, 6.07) is 1.75. The van der Waals surface area contributed by atoms with E-state index in [1.807, 2.05) is 0 Å². The highest BCUT2D eigenvalue weighted by molar-refractivity contribution is 5.89. The highest BCUT2D eigenvalue weighted by atomic mass is 19.1. The summed E-state index contributed by atoms with van der Waals surface area (Å²) >= 11 is 0. The number of carbonyl (C=O) groups is 6. The number of carbonyl (C=O) groups excluding carboxylic acids is 6. The molecule has 1 aromatic carbocycles. The Labute approximate surface area is 331 Å². The van der Waals surface area contributed by atoms with Gasteiger partial charge in [0.1, 0.15) is 40.7 Å². The molecule has 0 radical (unpaired) electrons. The number of unbranched alkanes of at least 4 members (excludes halogenated alkanes) is 1. The van der Waals surface area contributed by atoms with Crippen LogP contribution in [0.3, 0.4) is 0 Å². The van der Waals surface area contributed by atoms with Gasteiger partial charge in [0, 0.05) is 25.3 Å². The number of halogens is 1. The third kappa shape index (κ3) is 19.5. The van der Waals surface area contributed by atoms with Crippen LogP contribution in [0.2, 0.25) is 0 Å². The Kier molecular flexibility index (Phi) is 18.7. The molecule has 3 atom stereocenters. The predicted molar refractivity (Wildman–Crippen MR) is 209 cm³/mol. The van der Waals surface area contributed by atoms with Crippen molar-refractivity contribution in [3.8, 4) is 0 Å². The highest BCUT2D eigenvalue weighted by Gasteiger charge is 2.32. The van der Waals surface area contributed by atoms with Crippen molar-refractivity contribution in [3.05, 3.63) is 35.6 Å². The molecule has 15 heteroatoms. The summed E-state index contributed by atoms with van der Waals surface area (Å²) < 4.78 is 30.4. The van der Waals surface area contributed by atoms with E-state index in [1.165, 1.54) is 12.1 Å². The van der Waals surface area contributed by atoms with Gasteiger partial charge in [-0.25, -0.2) is 18.8 Å². The summed E-state index contributed by atoms with van der Waals surface area (Å²) in [5.74, 6) is -2.96. The van der Waals surface area contributed by atoms with Crippen LogP contribution in [-0.2, 0) is 44.6 Å². The summed E-state index contributed by atoms with van der Waals surface area (Å²) in [5.41, 5.74) is 3.89. The largest absolute Gasteiger partial charge is 0.460 e. The van der Waals surface area contributed by atoms with Gasteiger partial charge in [0.05, 0.1) is 0 Å². The first kappa shape index (κ1) is 47.9. The van der Waals surface area contributed by atoms with Crippen LogP contribution >= 0.6 is 0 Å². The molecule has 14 nitrogen and oxygen atoms in total. The minimum Gasteiger partial charge on any atom is -0.460 e. The average molecular weight is 792 g/mol. The van der Waals surface area contributed by atoms with Crippen LogP contribution < -0.4 is 27.0 Å². The van der Waals surface area contributed by atoms with Crippen molar-refractivity contribution in [3.63, 3.8) is 0 Å². The van der Waals surface area contributed by atoms with Gasteiger partial charge in [-0.2, -0.15) is 0 Å². The third-order valence-electron chi connectivity index (χ3n) is 8.78. The van der Waals surface area contributed by atoms with Gasteiger partial charge >= 0.3 is 23.9 Å². The molecule has 1 fully saturated rings. The van der Waals surface area contributed by atoms with Crippen molar-refractivity contribution >= 4 is 35.8 Å². The normalized spacial score (nSPS) is 17.7. The molecule has 0 unspecified atom stereocenters. The van der Waals surface area contributed by atoms with Crippen molar-refractivity contribution in [2.45, 2.75) is 161 Å². The SMILES string of the molecule is CC(C)(C)OC(=O)CC[C@H](NC(=O)N[C@@H](CCCCNC(=O)[C@H](Cc1cccc(F)c1)NC(=O)C1CCC(CN)CC1)C(=O)OC(C)(C)C)C(=O)OC(C)(C)C. The van der Waals surface area contributed by atoms with E-state index >= 15 is 0 Å². The lowest BCUT2D eigenvalue weighted by Crippen LogP contribution is -2.53. The van der Waals surface area contributed by atoms with E-state index < -0.39 is 70.6 Å². The van der Waals surface area contributed by atoms with Gasteiger partial charge in [0.25, 0.3) is 0 Å². The van der Waals surface area contributed by atoms with Crippen LogP contribution in [0.4, 0.5) is 9.18 Å². The van der Waals surface area contributed by atoms with E-state index in [0.29, 0.717) is 43.7 Å². The van der Waals surface area contributed by atoms with Crippen LogP contribution in [0.15, 0.2) is 24.3 Å². The maximum absolute atomic E-state index is 14.0. The van der Waals surface area contributed by atoms with Crippen LogP contribution in [0, 0.1) is 17.7 Å². The number of ether oxygens (including phenoxy) is 3. The molecule has 0 heterocycles. The predicted octanol–water partition coefficient (Wildman–Crippen LogP) is 4.75. The fraction of sp³-hybridized carbons (Fsp3) is 0.707. The Morgan fingerprint density at radius 2 is 1.30 bits per heavy atom. The fourth-order valence-electron chi connectivity index (χ4n) is 6.12. The van der Waals surface area contributed by atoms with Gasteiger partial charge in [-0.15, -0.1) is 0 Å². The maximum Gasteiger partial charge on any atom is 0.329 e. The summed E-state index contributed by atoms with van der Waals surface area (Å²) in [7, 11) is 0. The molecular weight excluding hydrogens is 725 g/mol. The van der Waals surface area contributed by atoms with Crippen LogP contribution in [0.5, 0.6) is 0 Å². The van der Waals surface area contributed by atoms with E-state index in [9.17, 15) is 33.2 Å². The Bertz CT molecular complexity index is 1480. The first-order valence-corrected chi connectivity index (χ1v) is 19.7. The highest BCUT2D eigenvalue weighted by Crippen LogP contribution is 2.28. The summed E-state index contributed by atoms with van der Waals surface area (Å²) in [4.78, 5) is 78.6. The van der Waals surface area contributed by atoms with Gasteiger partial charge in [0.15, 0.2) is 0 Å². The number of hydrogen-bond acceptors (Lipinski definition) is 10. The molecular formula is C41H66FN5O9. The van der Waals surface area contributed by atoms with E-state index in [2.05, 4.69) is 21.3 Å². The van der Waals surface area contributed by atoms with E-state index in [4.69, 9.17) is 19.9 Å². The van der Waals surface area contributed by atoms with E-state index in [-0.39, 0.29) is 44.1 Å². The lowest BCUT2D eigenvalue weighted by atomic mass is 9.81. The molecule has 0 aliphatic heterocycles. The molecule has 2 rings (SSSR count). The van der Waals surface area contributed by atoms with Gasteiger partial charge in [-0.1, -0.05) is 12.1 Å². The zero-order valence-electron chi connectivity index (χ0n) is 34.8. The monoisotopic (exact) mass is 791 g/mol. The van der Waals surface area contributed by atoms with Crippen molar-refractivity contribution in [2.75, 3.05) is 13.1 Å². The molecule has 1 saturated carbocycles. The molecule has 56 heavy (non-hydrogen) atoms. The Balaban J connectivity index is 2.07. The van der Waals surface area contributed by atoms with Crippen molar-refractivity contribution in [1.29, 1.82) is 0 Å². The molecule has 1 aliphatic rings. The topological polar surface area (TPSA) is 204 Å². The number of esters is 3. The molecule has 6 N–H and O–H groups in total. The van der Waals surface area contributed by atoms with Gasteiger partial charge in [-0.3, -0.25) is 14.4 Å². The van der Waals surface area contributed by atoms with Gasteiger partial charge in [-0.05, 0) is 144 Å². The quantitative estimate of drug-likeness (QED) is 0.0785. The molecule has 1 aliphatic carbocycles. The molecule has 1 aromatic rings. The number of benzene rings is 1. The molecule has 316 valence electrons. The number of rotatable bonds is 18. The minimum atomic E-state index is -1.22. The average Bonchev–Trinajstić information content (AvgIpc) is 3.06. The molecule has 0 bridgehead atoms. The lowest BCUT2D eigenvalue weighted by Gasteiger charge is -2.28. The zero-order chi connectivity index (χ0) is 42.3. The second-order valence-corrected chi connectivity index (χ2v) is 17.6. The van der Waals surface area contributed by atoms with Gasteiger partial charge < -0.3 is 41.2 Å². The number of hydrogen-bond donors (Lipinski definition) is 5.